The Morgan fingerprint density at radius 2 is 2.03 bits per heavy atom. The number of rotatable bonds is 3. The molecule has 1 aliphatic carbocycles. The Bertz CT molecular complexity index is 1340. The molecule has 0 saturated heterocycles. The van der Waals surface area contributed by atoms with E-state index in [1.54, 1.807) is 12.3 Å². The molecule has 1 aliphatic heterocycles. The van der Waals surface area contributed by atoms with Crippen LogP contribution < -0.4 is 5.73 Å². The van der Waals surface area contributed by atoms with Crippen LogP contribution in [0.3, 0.4) is 0 Å². The van der Waals surface area contributed by atoms with E-state index in [1.165, 1.54) is 25.1 Å². The molecule has 2 aliphatic rings. The van der Waals surface area contributed by atoms with Crippen LogP contribution in [0.4, 0.5) is 0 Å². The molecule has 4 heterocycles. The van der Waals surface area contributed by atoms with Crippen LogP contribution in [0.5, 0.6) is 0 Å². The number of hydrogen-bond donors (Lipinski definition) is 1. The van der Waals surface area contributed by atoms with Crippen LogP contribution >= 0.6 is 0 Å². The second kappa shape index (κ2) is 6.23. The highest BCUT2D eigenvalue weighted by molar-refractivity contribution is 6.06. The molecule has 1 saturated carbocycles. The maximum absolute atomic E-state index is 12.0. The van der Waals surface area contributed by atoms with Crippen molar-refractivity contribution in [3.63, 3.8) is 0 Å². The third kappa shape index (κ3) is 2.43. The Balaban J connectivity index is 1.64. The lowest BCUT2D eigenvalue weighted by molar-refractivity contribution is 0.100. The molecule has 6 heteroatoms. The zero-order valence-electron chi connectivity index (χ0n) is 16.7. The largest absolute Gasteiger partial charge is 0.366 e. The summed E-state index contributed by atoms with van der Waals surface area (Å²) in [5, 5.41) is 0.768. The van der Waals surface area contributed by atoms with Gasteiger partial charge in [-0.05, 0) is 56.5 Å². The van der Waals surface area contributed by atoms with Gasteiger partial charge in [0, 0.05) is 34.8 Å². The fraction of sp³-hybridized carbons (Fsp3) is 0.250. The fourth-order valence-electron chi connectivity index (χ4n) is 5.17. The molecule has 6 nitrogen and oxygen atoms in total. The molecule has 0 radical (unpaired) electrons. The van der Waals surface area contributed by atoms with Crippen molar-refractivity contribution in [3.8, 4) is 22.6 Å². The van der Waals surface area contributed by atoms with Crippen molar-refractivity contribution >= 4 is 16.8 Å². The summed E-state index contributed by atoms with van der Waals surface area (Å²) in [6.45, 7) is 2.00. The summed E-state index contributed by atoms with van der Waals surface area (Å²) in [6, 6.07) is 14.2. The van der Waals surface area contributed by atoms with Crippen molar-refractivity contribution in [1.29, 1.82) is 0 Å². The topological polar surface area (TPSA) is 86.7 Å². The fourth-order valence-corrected chi connectivity index (χ4v) is 5.17. The van der Waals surface area contributed by atoms with Gasteiger partial charge < -0.3 is 10.3 Å². The van der Waals surface area contributed by atoms with Crippen molar-refractivity contribution in [2.75, 3.05) is 0 Å². The first-order valence-electron chi connectivity index (χ1n) is 10.4. The van der Waals surface area contributed by atoms with Gasteiger partial charge in [-0.3, -0.25) is 14.8 Å². The smallest absolute Gasteiger partial charge is 0.249 e. The quantitative estimate of drug-likeness (QED) is 0.557. The predicted octanol–water partition coefficient (Wildman–Crippen LogP) is 4.39. The van der Waals surface area contributed by atoms with E-state index < -0.39 is 5.91 Å². The molecular formula is C24H21N5O. The summed E-state index contributed by atoms with van der Waals surface area (Å²) >= 11 is 0. The number of carbonyl (C=O) groups is 1. The molecule has 2 atom stereocenters. The van der Waals surface area contributed by atoms with Crippen LogP contribution in [0, 0.1) is 6.92 Å². The van der Waals surface area contributed by atoms with Crippen molar-refractivity contribution < 1.29 is 4.79 Å². The number of benzene rings is 1. The lowest BCUT2D eigenvalue weighted by atomic mass is 10.0. The molecule has 3 aromatic heterocycles. The highest BCUT2D eigenvalue weighted by atomic mass is 16.1. The summed E-state index contributed by atoms with van der Waals surface area (Å²) in [6.07, 6.45) is 5.18. The Hall–Kier alpha value is -3.54. The van der Waals surface area contributed by atoms with Crippen LogP contribution in [0.25, 0.3) is 33.5 Å². The van der Waals surface area contributed by atoms with E-state index in [2.05, 4.69) is 15.6 Å². The van der Waals surface area contributed by atoms with Gasteiger partial charge in [0.25, 0.3) is 0 Å². The molecule has 30 heavy (non-hydrogen) atoms. The number of nitrogens with two attached hydrogens (primary N) is 1. The maximum Gasteiger partial charge on any atom is 0.249 e. The Morgan fingerprint density at radius 3 is 2.87 bits per heavy atom. The second-order valence-corrected chi connectivity index (χ2v) is 8.32. The zero-order valence-corrected chi connectivity index (χ0v) is 16.7. The predicted molar refractivity (Wildman–Crippen MR) is 115 cm³/mol. The van der Waals surface area contributed by atoms with Crippen LogP contribution in [0.15, 0.2) is 48.7 Å². The summed E-state index contributed by atoms with van der Waals surface area (Å²) < 4.78 is 2.41. The molecular weight excluding hydrogens is 374 g/mol. The monoisotopic (exact) mass is 395 g/mol. The summed E-state index contributed by atoms with van der Waals surface area (Å²) in [7, 11) is 0. The zero-order chi connectivity index (χ0) is 20.4. The van der Waals surface area contributed by atoms with Gasteiger partial charge in [-0.2, -0.15) is 0 Å². The third-order valence-corrected chi connectivity index (χ3v) is 6.49. The molecule has 2 bridgehead atoms. The van der Waals surface area contributed by atoms with E-state index in [4.69, 9.17) is 15.7 Å². The highest BCUT2D eigenvalue weighted by Gasteiger charge is 2.41. The van der Waals surface area contributed by atoms with E-state index in [9.17, 15) is 4.79 Å². The first kappa shape index (κ1) is 17.3. The lowest BCUT2D eigenvalue weighted by Crippen LogP contribution is -2.12. The van der Waals surface area contributed by atoms with Gasteiger partial charge in [-0.15, -0.1) is 0 Å². The van der Waals surface area contributed by atoms with Crippen molar-refractivity contribution in [2.24, 2.45) is 5.73 Å². The Labute approximate surface area is 173 Å². The summed E-state index contributed by atoms with van der Waals surface area (Å²) in [5.41, 5.74) is 11.7. The number of aryl methyl sites for hydroxylation is 1. The number of carbonyl (C=O) groups excluding carboxylic acids is 1. The normalized spacial score (nSPS) is 19.4. The number of pyridine rings is 2. The third-order valence-electron chi connectivity index (χ3n) is 6.49. The Kier molecular flexibility index (Phi) is 3.60. The molecule has 1 aromatic carbocycles. The number of amides is 1. The number of imidazole rings is 1. The van der Waals surface area contributed by atoms with Gasteiger partial charge in [-0.1, -0.05) is 12.1 Å². The van der Waals surface area contributed by atoms with E-state index in [-0.39, 0.29) is 0 Å². The molecule has 1 amide bonds. The van der Waals surface area contributed by atoms with Crippen LogP contribution in [0.1, 0.15) is 53.1 Å². The number of nitrogens with zero attached hydrogens (tertiary/aromatic N) is 4. The van der Waals surface area contributed by atoms with Gasteiger partial charge in [0.15, 0.2) is 0 Å². The van der Waals surface area contributed by atoms with Gasteiger partial charge in [-0.25, -0.2) is 4.98 Å². The average Bonchev–Trinajstić information content (AvgIpc) is 3.45. The van der Waals surface area contributed by atoms with Crippen molar-refractivity contribution in [2.45, 2.75) is 38.1 Å². The molecule has 6 rings (SSSR count). The number of fused-ring (bicyclic) bond motifs is 6. The van der Waals surface area contributed by atoms with Gasteiger partial charge >= 0.3 is 0 Å². The van der Waals surface area contributed by atoms with Crippen LogP contribution in [-0.4, -0.2) is 25.4 Å². The van der Waals surface area contributed by atoms with Crippen molar-refractivity contribution in [3.05, 3.63) is 65.7 Å². The minimum Gasteiger partial charge on any atom is -0.366 e. The standard InChI is InChI=1S/C24H21N5O/c1-13-3-2-4-20(27-13)21-22(29-16-7-5-15(11-16)24(29)28-21)14-6-8-19-18(12-14)17(23(25)30)9-10-26-19/h2-4,6,8-10,12,15-16H,5,7,11H2,1H3,(H2,25,30). The molecule has 0 spiro atoms. The summed E-state index contributed by atoms with van der Waals surface area (Å²) in [4.78, 5) is 26.3. The highest BCUT2D eigenvalue weighted by Crippen LogP contribution is 2.52. The number of primary amides is 1. The molecule has 2 unspecified atom stereocenters. The minimum atomic E-state index is -0.447. The van der Waals surface area contributed by atoms with Crippen LogP contribution in [-0.2, 0) is 0 Å². The van der Waals surface area contributed by atoms with Crippen molar-refractivity contribution in [1.82, 2.24) is 19.5 Å². The Morgan fingerprint density at radius 1 is 1.13 bits per heavy atom. The average molecular weight is 395 g/mol. The maximum atomic E-state index is 12.0. The number of hydrogen-bond acceptors (Lipinski definition) is 4. The summed E-state index contributed by atoms with van der Waals surface area (Å²) in [5.74, 6) is 1.24. The lowest BCUT2D eigenvalue weighted by Gasteiger charge is -2.18. The SMILES string of the molecule is Cc1cccc(-c2nc3n(c2-c2ccc4nccc(C(N)=O)c4c2)C2CCC3C2)n1. The van der Waals surface area contributed by atoms with Gasteiger partial charge in [0.2, 0.25) is 5.91 Å². The van der Waals surface area contributed by atoms with Crippen LogP contribution in [0.2, 0.25) is 0 Å². The van der Waals surface area contributed by atoms with Gasteiger partial charge in [0.1, 0.15) is 11.5 Å². The van der Waals surface area contributed by atoms with Gasteiger partial charge in [0.05, 0.1) is 22.5 Å². The molecule has 2 N–H and O–H groups in total. The second-order valence-electron chi connectivity index (χ2n) is 8.32. The van der Waals surface area contributed by atoms with E-state index in [1.807, 2.05) is 37.3 Å². The van der Waals surface area contributed by atoms with E-state index in [0.717, 1.165) is 39.2 Å². The first-order chi connectivity index (χ1) is 14.6. The minimum absolute atomic E-state index is 0.447. The molecule has 148 valence electrons. The molecule has 1 fully saturated rings. The molecule has 4 aromatic rings. The first-order valence-corrected chi connectivity index (χ1v) is 10.4. The van der Waals surface area contributed by atoms with E-state index in [0.29, 0.717) is 17.5 Å². The number of aromatic nitrogens is 4. The van der Waals surface area contributed by atoms with E-state index >= 15 is 0 Å².